The van der Waals surface area contributed by atoms with Crippen molar-refractivity contribution in [2.75, 3.05) is 31.1 Å². The number of amides is 1. The molecule has 20 heavy (non-hydrogen) atoms. The molecule has 4 heteroatoms. The van der Waals surface area contributed by atoms with Crippen LogP contribution in [0.15, 0.2) is 47.3 Å². The Bertz CT molecular complexity index is 567. The van der Waals surface area contributed by atoms with Gasteiger partial charge in [0.15, 0.2) is 0 Å². The number of carbonyl (C=O) groups excluding carboxylic acids is 1. The van der Waals surface area contributed by atoms with Gasteiger partial charge in [-0.15, -0.1) is 0 Å². The predicted octanol–water partition coefficient (Wildman–Crippen LogP) is 2.55. The summed E-state index contributed by atoms with van der Waals surface area (Å²) in [7, 11) is 0. The molecular formula is C16H18N2O2. The van der Waals surface area contributed by atoms with Gasteiger partial charge in [-0.25, -0.2) is 0 Å². The summed E-state index contributed by atoms with van der Waals surface area (Å²) in [6, 6.07) is 10.2. The molecule has 0 N–H and O–H groups in total. The van der Waals surface area contributed by atoms with Crippen molar-refractivity contribution in [3.63, 3.8) is 0 Å². The number of aryl methyl sites for hydroxylation is 1. The number of piperazine rings is 1. The smallest absolute Gasteiger partial charge is 0.257 e. The van der Waals surface area contributed by atoms with Gasteiger partial charge in [-0.3, -0.25) is 4.79 Å². The largest absolute Gasteiger partial charge is 0.472 e. The van der Waals surface area contributed by atoms with Crippen molar-refractivity contribution in [2.24, 2.45) is 0 Å². The maximum absolute atomic E-state index is 12.2. The first-order chi connectivity index (χ1) is 9.74. The van der Waals surface area contributed by atoms with E-state index in [0.29, 0.717) is 5.56 Å². The van der Waals surface area contributed by atoms with Gasteiger partial charge in [-0.2, -0.15) is 0 Å². The van der Waals surface area contributed by atoms with E-state index in [4.69, 9.17) is 4.42 Å². The molecule has 0 spiro atoms. The first kappa shape index (κ1) is 12.8. The number of carbonyl (C=O) groups is 1. The fourth-order valence-electron chi connectivity index (χ4n) is 2.49. The number of hydrogen-bond donors (Lipinski definition) is 0. The van der Waals surface area contributed by atoms with Gasteiger partial charge in [0, 0.05) is 31.9 Å². The monoisotopic (exact) mass is 270 g/mol. The lowest BCUT2D eigenvalue weighted by Gasteiger charge is -2.36. The topological polar surface area (TPSA) is 36.7 Å². The van der Waals surface area contributed by atoms with Crippen LogP contribution in [0, 0.1) is 6.92 Å². The van der Waals surface area contributed by atoms with E-state index in [1.165, 1.54) is 23.8 Å². The summed E-state index contributed by atoms with van der Waals surface area (Å²) >= 11 is 0. The van der Waals surface area contributed by atoms with Crippen LogP contribution in [0.4, 0.5) is 5.69 Å². The predicted molar refractivity (Wildman–Crippen MR) is 78.0 cm³/mol. The molecule has 0 aliphatic carbocycles. The molecule has 1 aromatic heterocycles. The number of furan rings is 1. The molecule has 0 saturated carbocycles. The normalized spacial score (nSPS) is 15.4. The highest BCUT2D eigenvalue weighted by Gasteiger charge is 2.22. The number of rotatable bonds is 2. The van der Waals surface area contributed by atoms with E-state index in [9.17, 15) is 4.79 Å². The van der Waals surface area contributed by atoms with Crippen LogP contribution < -0.4 is 4.90 Å². The second-order valence-corrected chi connectivity index (χ2v) is 5.13. The van der Waals surface area contributed by atoms with E-state index in [0.717, 1.165) is 26.2 Å². The summed E-state index contributed by atoms with van der Waals surface area (Å²) in [4.78, 5) is 16.4. The molecule has 1 aliphatic rings. The minimum atomic E-state index is 0.0577. The molecule has 1 aromatic carbocycles. The van der Waals surface area contributed by atoms with Crippen LogP contribution in [-0.2, 0) is 0 Å². The average Bonchev–Trinajstić information content (AvgIpc) is 3.02. The fraction of sp³-hybridized carbons (Fsp3) is 0.312. The zero-order valence-corrected chi connectivity index (χ0v) is 11.6. The highest BCUT2D eigenvalue weighted by molar-refractivity contribution is 5.94. The van der Waals surface area contributed by atoms with Gasteiger partial charge in [0.25, 0.3) is 5.91 Å². The minimum absolute atomic E-state index is 0.0577. The van der Waals surface area contributed by atoms with Crippen LogP contribution >= 0.6 is 0 Å². The van der Waals surface area contributed by atoms with Crippen molar-refractivity contribution < 1.29 is 9.21 Å². The van der Waals surface area contributed by atoms with E-state index in [2.05, 4.69) is 36.1 Å². The van der Waals surface area contributed by atoms with Crippen LogP contribution in [0.25, 0.3) is 0 Å². The molecule has 2 aromatic rings. The molecule has 1 aliphatic heterocycles. The minimum Gasteiger partial charge on any atom is -0.472 e. The molecule has 104 valence electrons. The summed E-state index contributed by atoms with van der Waals surface area (Å²) < 4.78 is 4.97. The van der Waals surface area contributed by atoms with E-state index in [-0.39, 0.29) is 5.91 Å². The van der Waals surface area contributed by atoms with Crippen molar-refractivity contribution in [3.05, 3.63) is 54.0 Å². The van der Waals surface area contributed by atoms with Crippen LogP contribution in [0.2, 0.25) is 0 Å². The van der Waals surface area contributed by atoms with Crippen LogP contribution in [0.3, 0.4) is 0 Å². The summed E-state index contributed by atoms with van der Waals surface area (Å²) in [6.07, 6.45) is 3.05. The van der Waals surface area contributed by atoms with E-state index in [1.807, 2.05) is 4.90 Å². The summed E-state index contributed by atoms with van der Waals surface area (Å²) in [5, 5.41) is 0. The molecule has 2 heterocycles. The molecule has 0 radical (unpaired) electrons. The second-order valence-electron chi connectivity index (χ2n) is 5.13. The lowest BCUT2D eigenvalue weighted by molar-refractivity contribution is 0.0746. The first-order valence-electron chi connectivity index (χ1n) is 6.87. The Hall–Kier alpha value is -2.23. The number of nitrogens with zero attached hydrogens (tertiary/aromatic N) is 2. The molecule has 4 nitrogen and oxygen atoms in total. The Morgan fingerprint density at radius 1 is 1.05 bits per heavy atom. The molecule has 1 amide bonds. The maximum Gasteiger partial charge on any atom is 0.257 e. The highest BCUT2D eigenvalue weighted by atomic mass is 16.3. The fourth-order valence-corrected chi connectivity index (χ4v) is 2.49. The van der Waals surface area contributed by atoms with E-state index in [1.54, 1.807) is 6.07 Å². The quantitative estimate of drug-likeness (QED) is 0.841. The lowest BCUT2D eigenvalue weighted by Crippen LogP contribution is -2.48. The lowest BCUT2D eigenvalue weighted by atomic mass is 10.2. The zero-order chi connectivity index (χ0) is 13.9. The standard InChI is InChI=1S/C16H18N2O2/c1-13-2-4-15(5-3-13)17-7-9-18(10-8-17)16(19)14-6-11-20-12-14/h2-6,11-12H,7-10H2,1H3. The van der Waals surface area contributed by atoms with Crippen molar-refractivity contribution in [1.29, 1.82) is 0 Å². The van der Waals surface area contributed by atoms with Gasteiger partial charge in [0.2, 0.25) is 0 Å². The van der Waals surface area contributed by atoms with Gasteiger partial charge in [-0.1, -0.05) is 17.7 Å². The molecule has 0 bridgehead atoms. The molecule has 1 saturated heterocycles. The molecule has 1 fully saturated rings. The Labute approximate surface area is 118 Å². The SMILES string of the molecule is Cc1ccc(N2CCN(C(=O)c3ccoc3)CC2)cc1. The molecule has 3 rings (SSSR count). The number of hydrogen-bond acceptors (Lipinski definition) is 3. The molecule has 0 atom stereocenters. The van der Waals surface area contributed by atoms with Gasteiger partial charge in [-0.05, 0) is 25.1 Å². The number of anilines is 1. The van der Waals surface area contributed by atoms with Gasteiger partial charge >= 0.3 is 0 Å². The van der Waals surface area contributed by atoms with Gasteiger partial charge in [0.05, 0.1) is 11.8 Å². The zero-order valence-electron chi connectivity index (χ0n) is 11.6. The van der Waals surface area contributed by atoms with Gasteiger partial charge < -0.3 is 14.2 Å². The van der Waals surface area contributed by atoms with Gasteiger partial charge in [0.1, 0.15) is 6.26 Å². The third-order valence-electron chi connectivity index (χ3n) is 3.73. The van der Waals surface area contributed by atoms with Crippen molar-refractivity contribution in [3.8, 4) is 0 Å². The van der Waals surface area contributed by atoms with Crippen molar-refractivity contribution in [1.82, 2.24) is 4.90 Å². The Morgan fingerprint density at radius 2 is 1.75 bits per heavy atom. The third-order valence-corrected chi connectivity index (χ3v) is 3.73. The third kappa shape index (κ3) is 2.54. The van der Waals surface area contributed by atoms with Crippen molar-refractivity contribution >= 4 is 11.6 Å². The average molecular weight is 270 g/mol. The Morgan fingerprint density at radius 3 is 2.35 bits per heavy atom. The highest BCUT2D eigenvalue weighted by Crippen LogP contribution is 2.18. The first-order valence-corrected chi connectivity index (χ1v) is 6.87. The summed E-state index contributed by atoms with van der Waals surface area (Å²) in [5.74, 6) is 0.0577. The van der Waals surface area contributed by atoms with E-state index < -0.39 is 0 Å². The second kappa shape index (κ2) is 5.41. The molecular weight excluding hydrogens is 252 g/mol. The van der Waals surface area contributed by atoms with Crippen LogP contribution in [0.5, 0.6) is 0 Å². The Kier molecular flexibility index (Phi) is 3.46. The molecule has 0 unspecified atom stereocenters. The van der Waals surface area contributed by atoms with Crippen molar-refractivity contribution in [2.45, 2.75) is 6.92 Å². The number of benzene rings is 1. The van der Waals surface area contributed by atoms with Crippen LogP contribution in [0.1, 0.15) is 15.9 Å². The summed E-state index contributed by atoms with van der Waals surface area (Å²) in [5.41, 5.74) is 3.13. The summed E-state index contributed by atoms with van der Waals surface area (Å²) in [6.45, 7) is 5.32. The maximum atomic E-state index is 12.2. The van der Waals surface area contributed by atoms with Crippen LogP contribution in [-0.4, -0.2) is 37.0 Å². The Balaban J connectivity index is 1.62. The van der Waals surface area contributed by atoms with E-state index >= 15 is 0 Å².